The van der Waals surface area contributed by atoms with E-state index in [4.69, 9.17) is 10.5 Å². The Balaban J connectivity index is 2.10. The molecule has 112 valence electrons. The van der Waals surface area contributed by atoms with Crippen molar-refractivity contribution in [2.24, 2.45) is 5.73 Å². The van der Waals surface area contributed by atoms with Gasteiger partial charge in [0.1, 0.15) is 0 Å². The summed E-state index contributed by atoms with van der Waals surface area (Å²) in [5.41, 5.74) is 6.99. The molecular formula is C16H25NO2S. The number of ether oxygens (including phenoxy) is 1. The molecule has 1 atom stereocenters. The summed E-state index contributed by atoms with van der Waals surface area (Å²) in [5.74, 6) is 1.01. The average molecular weight is 295 g/mol. The highest BCUT2D eigenvalue weighted by atomic mass is 32.2. The first-order valence-electron chi connectivity index (χ1n) is 7.27. The molecule has 0 heterocycles. The van der Waals surface area contributed by atoms with Crippen molar-refractivity contribution in [2.45, 2.75) is 50.5 Å². The quantitative estimate of drug-likeness (QED) is 0.426. The van der Waals surface area contributed by atoms with E-state index in [1.54, 1.807) is 0 Å². The fourth-order valence-corrected chi connectivity index (χ4v) is 2.75. The Morgan fingerprint density at radius 2 is 1.95 bits per heavy atom. The third-order valence-corrected chi connectivity index (χ3v) is 4.10. The van der Waals surface area contributed by atoms with E-state index in [1.807, 2.05) is 25.6 Å². The zero-order valence-corrected chi connectivity index (χ0v) is 13.2. The molecule has 0 amide bonds. The lowest BCUT2D eigenvalue weighted by atomic mass is 10.1. The Morgan fingerprint density at radius 3 is 2.55 bits per heavy atom. The van der Waals surface area contributed by atoms with Crippen molar-refractivity contribution >= 4 is 17.7 Å². The molecule has 0 saturated carbocycles. The lowest BCUT2D eigenvalue weighted by molar-refractivity contribution is -0.143. The molecule has 0 aromatic heterocycles. The summed E-state index contributed by atoms with van der Waals surface area (Å²) in [6, 6.07) is 8.53. The molecule has 0 fully saturated rings. The predicted octanol–water partition coefficient (Wildman–Crippen LogP) is 3.92. The van der Waals surface area contributed by atoms with Crippen LogP contribution in [0, 0.1) is 0 Å². The topological polar surface area (TPSA) is 52.3 Å². The number of benzene rings is 1. The van der Waals surface area contributed by atoms with Gasteiger partial charge in [-0.15, -0.1) is 11.8 Å². The van der Waals surface area contributed by atoms with Gasteiger partial charge in [-0.05, 0) is 50.1 Å². The molecule has 0 bridgehead atoms. The molecule has 20 heavy (non-hydrogen) atoms. The summed E-state index contributed by atoms with van der Waals surface area (Å²) < 4.78 is 4.89. The van der Waals surface area contributed by atoms with Crippen LogP contribution in [0.25, 0.3) is 0 Å². The zero-order valence-electron chi connectivity index (χ0n) is 12.4. The van der Waals surface area contributed by atoms with Gasteiger partial charge in [0.15, 0.2) is 0 Å². The van der Waals surface area contributed by atoms with E-state index in [-0.39, 0.29) is 12.0 Å². The Kier molecular flexibility index (Phi) is 8.38. The van der Waals surface area contributed by atoms with Gasteiger partial charge < -0.3 is 10.5 Å². The standard InChI is InChI=1S/C16H25NO2S/c1-3-19-16(18)7-5-4-6-12-20-15-10-8-14(9-11-15)13(2)17/h8-11,13H,3-7,12,17H2,1-2H3. The summed E-state index contributed by atoms with van der Waals surface area (Å²) in [6.07, 6.45) is 3.66. The molecule has 1 aromatic carbocycles. The van der Waals surface area contributed by atoms with E-state index in [2.05, 4.69) is 24.3 Å². The molecule has 1 aromatic rings. The Hall–Kier alpha value is -1.00. The number of hydrogen-bond acceptors (Lipinski definition) is 4. The van der Waals surface area contributed by atoms with Crippen LogP contribution in [0.2, 0.25) is 0 Å². The minimum Gasteiger partial charge on any atom is -0.466 e. The molecule has 3 nitrogen and oxygen atoms in total. The van der Waals surface area contributed by atoms with Crippen LogP contribution in [0.15, 0.2) is 29.2 Å². The maximum Gasteiger partial charge on any atom is 0.305 e. The van der Waals surface area contributed by atoms with Crippen LogP contribution in [0.1, 0.15) is 51.1 Å². The van der Waals surface area contributed by atoms with E-state index >= 15 is 0 Å². The third-order valence-electron chi connectivity index (χ3n) is 3.01. The highest BCUT2D eigenvalue weighted by molar-refractivity contribution is 7.99. The molecule has 0 aliphatic rings. The van der Waals surface area contributed by atoms with Crippen LogP contribution >= 0.6 is 11.8 Å². The monoisotopic (exact) mass is 295 g/mol. The second kappa shape index (κ2) is 9.83. The average Bonchev–Trinajstić information content (AvgIpc) is 2.43. The summed E-state index contributed by atoms with van der Waals surface area (Å²) in [6.45, 7) is 4.31. The number of hydrogen-bond donors (Lipinski definition) is 1. The van der Waals surface area contributed by atoms with Gasteiger partial charge in [-0.2, -0.15) is 0 Å². The third kappa shape index (κ3) is 6.96. The first-order chi connectivity index (χ1) is 9.63. The van der Waals surface area contributed by atoms with Crippen molar-refractivity contribution in [3.8, 4) is 0 Å². The van der Waals surface area contributed by atoms with Crippen molar-refractivity contribution < 1.29 is 9.53 Å². The van der Waals surface area contributed by atoms with Crippen molar-refractivity contribution in [2.75, 3.05) is 12.4 Å². The number of rotatable bonds is 9. The number of thioether (sulfide) groups is 1. The summed E-state index contributed by atoms with van der Waals surface area (Å²) in [7, 11) is 0. The van der Waals surface area contributed by atoms with Crippen LogP contribution in [0.3, 0.4) is 0 Å². The Bertz CT molecular complexity index is 390. The summed E-state index contributed by atoms with van der Waals surface area (Å²) in [5, 5.41) is 0. The number of unbranched alkanes of at least 4 members (excludes halogenated alkanes) is 2. The molecule has 1 rings (SSSR count). The number of nitrogens with two attached hydrogens (primary N) is 1. The van der Waals surface area contributed by atoms with Crippen molar-refractivity contribution in [3.05, 3.63) is 29.8 Å². The predicted molar refractivity (Wildman–Crippen MR) is 84.9 cm³/mol. The number of esters is 1. The maximum atomic E-state index is 11.1. The largest absolute Gasteiger partial charge is 0.466 e. The molecule has 2 N–H and O–H groups in total. The second-order valence-corrected chi connectivity index (χ2v) is 5.99. The highest BCUT2D eigenvalue weighted by Crippen LogP contribution is 2.21. The fraction of sp³-hybridized carbons (Fsp3) is 0.562. The molecule has 0 aliphatic carbocycles. The van der Waals surface area contributed by atoms with Crippen LogP contribution < -0.4 is 5.73 Å². The number of carbonyl (C=O) groups excluding carboxylic acids is 1. The second-order valence-electron chi connectivity index (χ2n) is 4.82. The van der Waals surface area contributed by atoms with E-state index in [0.29, 0.717) is 13.0 Å². The molecule has 0 spiro atoms. The van der Waals surface area contributed by atoms with Crippen molar-refractivity contribution in [3.63, 3.8) is 0 Å². The van der Waals surface area contributed by atoms with E-state index in [1.165, 1.54) is 10.5 Å². The SMILES string of the molecule is CCOC(=O)CCCCCSc1ccc(C(C)N)cc1. The zero-order chi connectivity index (χ0) is 14.8. The van der Waals surface area contributed by atoms with Gasteiger partial charge in [0.05, 0.1) is 6.61 Å². The molecular weight excluding hydrogens is 270 g/mol. The Morgan fingerprint density at radius 1 is 1.25 bits per heavy atom. The van der Waals surface area contributed by atoms with Gasteiger partial charge in [-0.3, -0.25) is 4.79 Å². The lowest BCUT2D eigenvalue weighted by Gasteiger charge is -2.07. The van der Waals surface area contributed by atoms with E-state index < -0.39 is 0 Å². The molecule has 0 aliphatic heterocycles. The lowest BCUT2D eigenvalue weighted by Crippen LogP contribution is -2.04. The molecule has 4 heteroatoms. The first kappa shape index (κ1) is 17.1. The van der Waals surface area contributed by atoms with Crippen LogP contribution in [0.4, 0.5) is 0 Å². The molecule has 0 radical (unpaired) electrons. The van der Waals surface area contributed by atoms with E-state index in [9.17, 15) is 4.79 Å². The summed E-state index contributed by atoms with van der Waals surface area (Å²) in [4.78, 5) is 12.4. The highest BCUT2D eigenvalue weighted by Gasteiger charge is 2.02. The first-order valence-corrected chi connectivity index (χ1v) is 8.26. The van der Waals surface area contributed by atoms with E-state index in [0.717, 1.165) is 25.0 Å². The molecule has 0 saturated heterocycles. The number of carbonyl (C=O) groups is 1. The van der Waals surface area contributed by atoms with Crippen LogP contribution in [-0.4, -0.2) is 18.3 Å². The smallest absolute Gasteiger partial charge is 0.305 e. The minimum atomic E-state index is -0.0772. The van der Waals surface area contributed by atoms with Crippen molar-refractivity contribution in [1.82, 2.24) is 0 Å². The van der Waals surface area contributed by atoms with Gasteiger partial charge in [0.2, 0.25) is 0 Å². The Labute approximate surface area is 126 Å². The minimum absolute atomic E-state index is 0.0772. The van der Waals surface area contributed by atoms with Crippen LogP contribution in [0.5, 0.6) is 0 Å². The fourth-order valence-electron chi connectivity index (χ4n) is 1.84. The van der Waals surface area contributed by atoms with Gasteiger partial charge in [-0.1, -0.05) is 18.6 Å². The summed E-state index contributed by atoms with van der Waals surface area (Å²) >= 11 is 1.85. The maximum absolute atomic E-state index is 11.1. The van der Waals surface area contributed by atoms with Crippen LogP contribution in [-0.2, 0) is 9.53 Å². The van der Waals surface area contributed by atoms with Crippen molar-refractivity contribution in [1.29, 1.82) is 0 Å². The molecule has 1 unspecified atom stereocenters. The van der Waals surface area contributed by atoms with Gasteiger partial charge in [-0.25, -0.2) is 0 Å². The normalized spacial score (nSPS) is 12.2. The van der Waals surface area contributed by atoms with Gasteiger partial charge >= 0.3 is 5.97 Å². The van der Waals surface area contributed by atoms with Gasteiger partial charge in [0, 0.05) is 17.4 Å². The van der Waals surface area contributed by atoms with Gasteiger partial charge in [0.25, 0.3) is 0 Å².